The zero-order valence-corrected chi connectivity index (χ0v) is 15.4. The van der Waals surface area contributed by atoms with Crippen LogP contribution in [-0.4, -0.2) is 5.52 Å². The zero-order valence-electron chi connectivity index (χ0n) is 14.5. The average molecular weight is 346 g/mol. The highest BCUT2D eigenvalue weighted by atomic mass is 31.1. The van der Waals surface area contributed by atoms with E-state index in [-0.39, 0.29) is 5.52 Å². The highest BCUT2D eigenvalue weighted by molar-refractivity contribution is 7.47. The maximum Gasteiger partial charge on any atom is 0.253 e. The molecule has 25 heavy (non-hydrogen) atoms. The van der Waals surface area contributed by atoms with Gasteiger partial charge in [0.2, 0.25) is 8.46 Å². The van der Waals surface area contributed by atoms with Crippen molar-refractivity contribution in [3.05, 3.63) is 82.9 Å². The number of hydrogen-bond donors (Lipinski definition) is 0. The maximum absolute atomic E-state index is 12.4. The van der Waals surface area contributed by atoms with E-state index >= 15 is 0 Å². The van der Waals surface area contributed by atoms with Crippen LogP contribution in [0.3, 0.4) is 0 Å². The van der Waals surface area contributed by atoms with Crippen molar-refractivity contribution in [2.24, 2.45) is 0 Å². The number of benzene rings is 3. The minimum Gasteiger partial charge on any atom is -0.280 e. The zero-order chi connectivity index (χ0) is 18.0. The Hall–Kier alpha value is -2.57. The van der Waals surface area contributed by atoms with E-state index in [0.717, 1.165) is 38.9 Å². The van der Waals surface area contributed by atoms with Crippen LogP contribution < -0.4 is 0 Å². The highest BCUT2D eigenvalue weighted by Crippen LogP contribution is 2.40. The van der Waals surface area contributed by atoms with Crippen molar-refractivity contribution < 1.29 is 9.36 Å². The van der Waals surface area contributed by atoms with Gasteiger partial charge in [0.1, 0.15) is 0 Å². The van der Waals surface area contributed by atoms with Crippen LogP contribution in [0.15, 0.2) is 60.7 Å². The van der Waals surface area contributed by atoms with Gasteiger partial charge in [0, 0.05) is 5.56 Å². The van der Waals surface area contributed by atoms with Crippen molar-refractivity contribution in [3.8, 4) is 22.3 Å². The lowest BCUT2D eigenvalue weighted by Crippen LogP contribution is -2.05. The lowest BCUT2D eigenvalue weighted by atomic mass is 9.83. The van der Waals surface area contributed by atoms with E-state index < -0.39 is 8.46 Å². The van der Waals surface area contributed by atoms with Gasteiger partial charge in [0.05, 0.1) is 0 Å². The van der Waals surface area contributed by atoms with Crippen molar-refractivity contribution in [2.45, 2.75) is 20.8 Å². The highest BCUT2D eigenvalue weighted by Gasteiger charge is 2.23. The van der Waals surface area contributed by atoms with Crippen LogP contribution in [0.2, 0.25) is 0 Å². The molecule has 124 valence electrons. The Morgan fingerprint density at radius 1 is 0.680 bits per heavy atom. The van der Waals surface area contributed by atoms with Crippen LogP contribution in [-0.2, 0) is 4.57 Å². The molecule has 0 radical (unpaired) electrons. The Balaban J connectivity index is 2.44. The fraction of sp³-hybridized carbons (Fsp3) is 0.136. The second-order valence-corrected chi connectivity index (χ2v) is 6.72. The first-order valence-corrected chi connectivity index (χ1v) is 8.99. The molecule has 2 nitrogen and oxygen atoms in total. The van der Waals surface area contributed by atoms with Crippen molar-refractivity contribution >= 4 is 14.0 Å². The molecule has 0 unspecified atom stereocenters. The summed E-state index contributed by atoms with van der Waals surface area (Å²) >= 11 is 0. The predicted molar refractivity (Wildman–Crippen MR) is 103 cm³/mol. The lowest BCUT2D eigenvalue weighted by Gasteiger charge is -2.21. The smallest absolute Gasteiger partial charge is 0.253 e. The Bertz CT molecular complexity index is 878. The molecule has 0 aliphatic rings. The monoisotopic (exact) mass is 346 g/mol. The normalized spacial score (nSPS) is 10.8. The number of carbonyl (C=O) groups excluding carboxylic acids is 1. The van der Waals surface area contributed by atoms with Crippen LogP contribution >= 0.6 is 8.46 Å². The molecule has 0 aliphatic carbocycles. The Labute approximate surface area is 149 Å². The standard InChI is InChI=1S/C22H19O2P/c1-14-19(17-10-6-4-7-11-17)15(2)21(22(23)25-24)16(3)20(14)18-12-8-5-9-13-18/h4-13H,1-3H3. The van der Waals surface area contributed by atoms with Crippen LogP contribution in [0.4, 0.5) is 0 Å². The summed E-state index contributed by atoms with van der Waals surface area (Å²) in [6.45, 7) is 5.97. The Morgan fingerprint density at radius 3 is 1.44 bits per heavy atom. The van der Waals surface area contributed by atoms with Crippen molar-refractivity contribution in [3.63, 3.8) is 0 Å². The van der Waals surface area contributed by atoms with Crippen LogP contribution in [0.25, 0.3) is 22.3 Å². The number of hydrogen-bond acceptors (Lipinski definition) is 2. The second kappa shape index (κ2) is 7.13. The average Bonchev–Trinajstić information content (AvgIpc) is 2.63. The van der Waals surface area contributed by atoms with Gasteiger partial charge >= 0.3 is 0 Å². The summed E-state index contributed by atoms with van der Waals surface area (Å²) in [5.41, 5.74) is 7.28. The van der Waals surface area contributed by atoms with E-state index in [1.807, 2.05) is 74.5 Å². The first kappa shape index (κ1) is 17.3. The Morgan fingerprint density at radius 2 is 1.08 bits per heavy atom. The SMILES string of the molecule is Cc1c(C(=O)P=O)c(C)c(-c2ccccc2)c(C)c1-c1ccccc1. The van der Waals surface area contributed by atoms with Crippen LogP contribution in [0.5, 0.6) is 0 Å². The molecule has 3 heteroatoms. The molecule has 0 saturated heterocycles. The number of rotatable bonds is 4. The van der Waals surface area contributed by atoms with Crippen molar-refractivity contribution in [2.75, 3.05) is 0 Å². The summed E-state index contributed by atoms with van der Waals surface area (Å²) in [7, 11) is -0.476. The summed E-state index contributed by atoms with van der Waals surface area (Å²) in [6.07, 6.45) is 0. The molecule has 3 rings (SSSR count). The molecule has 0 heterocycles. The fourth-order valence-corrected chi connectivity index (χ4v) is 4.09. The molecule has 3 aromatic rings. The second-order valence-electron chi connectivity index (χ2n) is 6.13. The van der Waals surface area contributed by atoms with E-state index in [1.165, 1.54) is 0 Å². The van der Waals surface area contributed by atoms with Gasteiger partial charge in [-0.05, 0) is 59.7 Å². The molecule has 0 spiro atoms. The molecule has 0 fully saturated rings. The summed E-state index contributed by atoms with van der Waals surface area (Å²) in [5.74, 6) is 0. The molecular weight excluding hydrogens is 327 g/mol. The van der Waals surface area contributed by atoms with Gasteiger partial charge in [-0.25, -0.2) is 0 Å². The molecule has 0 aromatic heterocycles. The van der Waals surface area contributed by atoms with Crippen molar-refractivity contribution in [1.29, 1.82) is 0 Å². The van der Waals surface area contributed by atoms with Gasteiger partial charge < -0.3 is 0 Å². The van der Waals surface area contributed by atoms with Gasteiger partial charge in [-0.2, -0.15) is 0 Å². The third-order valence-electron chi connectivity index (χ3n) is 4.67. The molecular formula is C22H19O2P. The summed E-state index contributed by atoms with van der Waals surface area (Å²) in [4.78, 5) is 12.4. The minimum atomic E-state index is -0.476. The molecule has 0 N–H and O–H groups in total. The van der Waals surface area contributed by atoms with Gasteiger partial charge in [-0.15, -0.1) is 0 Å². The molecule has 3 aromatic carbocycles. The van der Waals surface area contributed by atoms with Crippen LogP contribution in [0.1, 0.15) is 27.0 Å². The lowest BCUT2D eigenvalue weighted by molar-refractivity contribution is 0.108. The van der Waals surface area contributed by atoms with E-state index in [1.54, 1.807) is 0 Å². The third-order valence-corrected chi connectivity index (χ3v) is 5.06. The first-order chi connectivity index (χ1) is 12.1. The van der Waals surface area contributed by atoms with E-state index in [2.05, 4.69) is 6.92 Å². The topological polar surface area (TPSA) is 34.1 Å². The van der Waals surface area contributed by atoms with E-state index in [9.17, 15) is 9.36 Å². The van der Waals surface area contributed by atoms with Gasteiger partial charge in [-0.1, -0.05) is 60.7 Å². The fourth-order valence-electron chi connectivity index (χ4n) is 3.66. The van der Waals surface area contributed by atoms with Crippen LogP contribution in [0, 0.1) is 20.8 Å². The summed E-state index contributed by atoms with van der Waals surface area (Å²) in [6, 6.07) is 20.1. The molecule has 0 bridgehead atoms. The summed E-state index contributed by atoms with van der Waals surface area (Å²) < 4.78 is 11.3. The quantitative estimate of drug-likeness (QED) is 0.514. The minimum absolute atomic E-state index is 0.371. The first-order valence-electron chi connectivity index (χ1n) is 8.18. The maximum atomic E-state index is 12.4. The van der Waals surface area contributed by atoms with E-state index in [0.29, 0.717) is 5.56 Å². The number of carbonyl (C=O) groups is 1. The molecule has 0 atom stereocenters. The van der Waals surface area contributed by atoms with Gasteiger partial charge in [0.15, 0.2) is 0 Å². The van der Waals surface area contributed by atoms with Gasteiger partial charge in [0.25, 0.3) is 5.52 Å². The summed E-state index contributed by atoms with van der Waals surface area (Å²) in [5, 5.41) is 0. The predicted octanol–water partition coefficient (Wildman–Crippen LogP) is 6.38. The van der Waals surface area contributed by atoms with Gasteiger partial charge in [-0.3, -0.25) is 9.36 Å². The third kappa shape index (κ3) is 3.06. The van der Waals surface area contributed by atoms with Crippen molar-refractivity contribution in [1.82, 2.24) is 0 Å². The Kier molecular flexibility index (Phi) is 4.92. The molecule has 0 aliphatic heterocycles. The molecule has 0 saturated carbocycles. The van der Waals surface area contributed by atoms with E-state index in [4.69, 9.17) is 0 Å². The largest absolute Gasteiger partial charge is 0.280 e. The molecule has 0 amide bonds.